The van der Waals surface area contributed by atoms with Crippen LogP contribution in [0.4, 0.5) is 4.79 Å². The van der Waals surface area contributed by atoms with Crippen molar-refractivity contribution in [2.45, 2.75) is 59.1 Å². The van der Waals surface area contributed by atoms with E-state index in [1.165, 1.54) is 0 Å². The number of esters is 1. The van der Waals surface area contributed by atoms with E-state index in [1.807, 2.05) is 74.5 Å². The van der Waals surface area contributed by atoms with Gasteiger partial charge in [0.05, 0.1) is 5.39 Å². The summed E-state index contributed by atoms with van der Waals surface area (Å²) < 4.78 is 17.0. The van der Waals surface area contributed by atoms with Gasteiger partial charge in [-0.25, -0.2) is 14.4 Å². The Morgan fingerprint density at radius 2 is 1.54 bits per heavy atom. The summed E-state index contributed by atoms with van der Waals surface area (Å²) in [4.78, 5) is 39.1. The van der Waals surface area contributed by atoms with Gasteiger partial charge in [-0.05, 0) is 69.0 Å². The molecule has 0 fully saturated rings. The maximum Gasteiger partial charge on any atom is 0.408 e. The predicted molar refractivity (Wildman–Crippen MR) is 150 cm³/mol. The molecule has 4 rings (SSSR count). The topological polar surface area (TPSA) is 94.8 Å². The van der Waals surface area contributed by atoms with Gasteiger partial charge in [0, 0.05) is 18.4 Å². The lowest BCUT2D eigenvalue weighted by molar-refractivity contribution is -0.136. The Balaban J connectivity index is 1.70. The highest BCUT2D eigenvalue weighted by Crippen LogP contribution is 2.32. The van der Waals surface area contributed by atoms with Crippen molar-refractivity contribution < 1.29 is 23.5 Å². The lowest BCUT2D eigenvalue weighted by Gasteiger charge is -2.23. The Kier molecular flexibility index (Phi) is 8.19. The van der Waals surface area contributed by atoms with Crippen LogP contribution in [-0.4, -0.2) is 23.7 Å². The average molecular weight is 528 g/mol. The molecule has 39 heavy (non-hydrogen) atoms. The Bertz CT molecular complexity index is 1530. The van der Waals surface area contributed by atoms with Crippen LogP contribution in [0.25, 0.3) is 11.0 Å². The standard InChI is InChI=1S/C32H33NO6/c1-20-16-26-28(21(2)24(29(34)37-26)18-22-12-8-6-9-13-22)27(17-20)38-30(35)25(19-23-14-10-7-11-15-23)33-31(36)39-32(3,4)5/h6-17,25H,18-19H2,1-5H3,(H,33,36)/t25-/m1/s1. The number of aryl methyl sites for hydroxylation is 2. The summed E-state index contributed by atoms with van der Waals surface area (Å²) in [6, 6.07) is 21.4. The van der Waals surface area contributed by atoms with E-state index in [1.54, 1.807) is 32.9 Å². The van der Waals surface area contributed by atoms with Gasteiger partial charge >= 0.3 is 17.7 Å². The van der Waals surface area contributed by atoms with Crippen LogP contribution >= 0.6 is 0 Å². The van der Waals surface area contributed by atoms with E-state index in [0.717, 1.165) is 16.7 Å². The van der Waals surface area contributed by atoms with E-state index in [0.29, 0.717) is 28.5 Å². The highest BCUT2D eigenvalue weighted by molar-refractivity contribution is 5.92. The summed E-state index contributed by atoms with van der Waals surface area (Å²) in [6.45, 7) is 8.90. The Labute approximate surface area is 227 Å². The number of ether oxygens (including phenoxy) is 2. The Hall–Kier alpha value is -4.39. The van der Waals surface area contributed by atoms with Crippen molar-refractivity contribution in [3.05, 3.63) is 111 Å². The van der Waals surface area contributed by atoms with Crippen molar-refractivity contribution in [2.24, 2.45) is 0 Å². The summed E-state index contributed by atoms with van der Waals surface area (Å²) in [6.07, 6.45) is -0.138. The fourth-order valence-corrected chi connectivity index (χ4v) is 4.39. The lowest BCUT2D eigenvalue weighted by atomic mass is 9.98. The largest absolute Gasteiger partial charge is 0.444 e. The molecule has 1 aromatic heterocycles. The third-order valence-electron chi connectivity index (χ3n) is 6.18. The maximum atomic E-state index is 13.5. The first-order valence-corrected chi connectivity index (χ1v) is 12.9. The minimum Gasteiger partial charge on any atom is -0.444 e. The number of hydrogen-bond acceptors (Lipinski definition) is 6. The van der Waals surface area contributed by atoms with Crippen LogP contribution in [0, 0.1) is 13.8 Å². The molecular formula is C32H33NO6. The van der Waals surface area contributed by atoms with Crippen LogP contribution in [-0.2, 0) is 22.4 Å². The number of carbonyl (C=O) groups is 2. The summed E-state index contributed by atoms with van der Waals surface area (Å²) in [5.41, 5.74) is 2.89. The summed E-state index contributed by atoms with van der Waals surface area (Å²) in [5, 5.41) is 3.20. The van der Waals surface area contributed by atoms with Crippen molar-refractivity contribution >= 4 is 23.0 Å². The maximum absolute atomic E-state index is 13.5. The van der Waals surface area contributed by atoms with Crippen LogP contribution in [0.2, 0.25) is 0 Å². The second-order valence-corrected chi connectivity index (χ2v) is 10.6. The van der Waals surface area contributed by atoms with Crippen LogP contribution in [0.15, 0.2) is 82.0 Å². The Morgan fingerprint density at radius 1 is 0.923 bits per heavy atom. The van der Waals surface area contributed by atoms with Crippen molar-refractivity contribution in [2.75, 3.05) is 0 Å². The number of nitrogens with one attached hydrogen (secondary N) is 1. The zero-order valence-corrected chi connectivity index (χ0v) is 22.9. The number of fused-ring (bicyclic) bond motifs is 1. The third kappa shape index (κ3) is 7.13. The highest BCUT2D eigenvalue weighted by Gasteiger charge is 2.28. The first-order valence-electron chi connectivity index (χ1n) is 12.9. The number of rotatable bonds is 7. The number of hydrogen-bond donors (Lipinski definition) is 1. The summed E-state index contributed by atoms with van der Waals surface area (Å²) in [5.74, 6) is -0.401. The lowest BCUT2D eigenvalue weighted by Crippen LogP contribution is -2.46. The summed E-state index contributed by atoms with van der Waals surface area (Å²) in [7, 11) is 0. The van der Waals surface area contributed by atoms with Gasteiger partial charge < -0.3 is 19.2 Å². The minimum atomic E-state index is -1.02. The van der Waals surface area contributed by atoms with Crippen LogP contribution in [0.3, 0.4) is 0 Å². The smallest absolute Gasteiger partial charge is 0.408 e. The second kappa shape index (κ2) is 11.6. The molecule has 0 saturated carbocycles. The quantitative estimate of drug-likeness (QED) is 0.179. The summed E-state index contributed by atoms with van der Waals surface area (Å²) >= 11 is 0. The van der Waals surface area contributed by atoms with E-state index in [2.05, 4.69) is 5.32 Å². The normalized spacial score (nSPS) is 12.1. The Morgan fingerprint density at radius 3 is 2.15 bits per heavy atom. The zero-order valence-electron chi connectivity index (χ0n) is 22.9. The second-order valence-electron chi connectivity index (χ2n) is 10.6. The number of carbonyl (C=O) groups excluding carboxylic acids is 2. The van der Waals surface area contributed by atoms with Gasteiger partial charge in [-0.1, -0.05) is 60.7 Å². The van der Waals surface area contributed by atoms with E-state index in [4.69, 9.17) is 13.9 Å². The molecule has 0 aliphatic rings. The van der Waals surface area contributed by atoms with Crippen molar-refractivity contribution in [3.8, 4) is 5.75 Å². The molecule has 4 aromatic rings. The number of alkyl carbamates (subject to hydrolysis) is 1. The zero-order chi connectivity index (χ0) is 28.2. The minimum absolute atomic E-state index is 0.204. The molecule has 0 unspecified atom stereocenters. The van der Waals surface area contributed by atoms with Crippen molar-refractivity contribution in [1.82, 2.24) is 5.32 Å². The van der Waals surface area contributed by atoms with E-state index < -0.39 is 29.3 Å². The van der Waals surface area contributed by atoms with Gasteiger partial charge in [0.25, 0.3) is 0 Å². The van der Waals surface area contributed by atoms with Gasteiger partial charge in [-0.2, -0.15) is 0 Å². The van der Waals surface area contributed by atoms with Gasteiger partial charge in [0.15, 0.2) is 0 Å². The van der Waals surface area contributed by atoms with Crippen molar-refractivity contribution in [1.29, 1.82) is 0 Å². The first kappa shape index (κ1) is 27.6. The van der Waals surface area contributed by atoms with E-state index >= 15 is 0 Å². The third-order valence-corrected chi connectivity index (χ3v) is 6.18. The molecule has 1 heterocycles. The molecule has 0 bridgehead atoms. The molecule has 1 amide bonds. The molecule has 1 N–H and O–H groups in total. The van der Waals surface area contributed by atoms with E-state index in [9.17, 15) is 14.4 Å². The van der Waals surface area contributed by atoms with Crippen LogP contribution in [0.5, 0.6) is 5.75 Å². The number of amides is 1. The molecule has 202 valence electrons. The predicted octanol–water partition coefficient (Wildman–Crippen LogP) is 6.04. The molecule has 7 heteroatoms. The molecular weight excluding hydrogens is 494 g/mol. The van der Waals surface area contributed by atoms with Crippen LogP contribution < -0.4 is 15.7 Å². The first-order chi connectivity index (χ1) is 18.5. The fraction of sp³-hybridized carbons (Fsp3) is 0.281. The van der Waals surface area contributed by atoms with E-state index in [-0.39, 0.29) is 12.2 Å². The molecule has 1 atom stereocenters. The molecule has 0 aliphatic carbocycles. The van der Waals surface area contributed by atoms with Gasteiger partial charge in [0.2, 0.25) is 0 Å². The molecule has 0 saturated heterocycles. The molecule has 0 aliphatic heterocycles. The molecule has 3 aromatic carbocycles. The van der Waals surface area contributed by atoms with Gasteiger partial charge in [-0.15, -0.1) is 0 Å². The average Bonchev–Trinajstić information content (AvgIpc) is 2.86. The highest BCUT2D eigenvalue weighted by atomic mass is 16.6. The molecule has 7 nitrogen and oxygen atoms in total. The van der Waals surface area contributed by atoms with Crippen molar-refractivity contribution in [3.63, 3.8) is 0 Å². The molecule has 0 spiro atoms. The van der Waals surface area contributed by atoms with Gasteiger partial charge in [0.1, 0.15) is 23.0 Å². The van der Waals surface area contributed by atoms with Gasteiger partial charge in [-0.3, -0.25) is 0 Å². The monoisotopic (exact) mass is 527 g/mol. The molecule has 0 radical (unpaired) electrons. The SMILES string of the molecule is Cc1cc(OC(=O)[C@@H](Cc2ccccc2)NC(=O)OC(C)(C)C)c2c(C)c(Cc3ccccc3)c(=O)oc2c1. The fourth-order valence-electron chi connectivity index (χ4n) is 4.39. The van der Waals surface area contributed by atoms with Crippen LogP contribution in [0.1, 0.15) is 48.6 Å². The number of benzene rings is 3.